The largest absolute Gasteiger partial charge is 0.368 e. The summed E-state index contributed by atoms with van der Waals surface area (Å²) in [5.74, 6) is 0.802. The fourth-order valence-electron chi connectivity index (χ4n) is 3.27. The molecule has 24 heavy (non-hydrogen) atoms. The molecule has 6 nitrogen and oxygen atoms in total. The highest BCUT2D eigenvalue weighted by molar-refractivity contribution is 5.95. The Morgan fingerprint density at radius 1 is 1.42 bits per heavy atom. The Kier molecular flexibility index (Phi) is 3.82. The van der Waals surface area contributed by atoms with Gasteiger partial charge in [-0.3, -0.25) is 4.79 Å². The number of nitrogens with one attached hydrogen (secondary N) is 1. The molecule has 4 heterocycles. The van der Waals surface area contributed by atoms with Gasteiger partial charge in [0, 0.05) is 43.5 Å². The zero-order valence-corrected chi connectivity index (χ0v) is 13.6. The Labute approximate surface area is 140 Å². The third kappa shape index (κ3) is 2.59. The third-order valence-electron chi connectivity index (χ3n) is 4.52. The number of aryl methyl sites for hydroxylation is 1. The number of imidazole rings is 1. The molecule has 1 aliphatic rings. The number of nitrogens with zero attached hydrogens (tertiary/aromatic N) is 3. The van der Waals surface area contributed by atoms with Crippen molar-refractivity contribution in [2.45, 2.75) is 32.0 Å². The van der Waals surface area contributed by atoms with Crippen molar-refractivity contribution in [1.82, 2.24) is 19.3 Å². The molecule has 0 aliphatic carbocycles. The van der Waals surface area contributed by atoms with E-state index >= 15 is 0 Å². The summed E-state index contributed by atoms with van der Waals surface area (Å²) < 4.78 is 9.85. The van der Waals surface area contributed by atoms with Crippen molar-refractivity contribution in [1.29, 1.82) is 0 Å². The summed E-state index contributed by atoms with van der Waals surface area (Å²) in [5.41, 5.74) is 1.66. The molecule has 0 radical (unpaired) electrons. The predicted octanol–water partition coefficient (Wildman–Crippen LogP) is 2.42. The summed E-state index contributed by atoms with van der Waals surface area (Å²) >= 11 is 0. The highest BCUT2D eigenvalue weighted by Crippen LogP contribution is 2.28. The van der Waals surface area contributed by atoms with Gasteiger partial charge in [-0.15, -0.1) is 0 Å². The van der Waals surface area contributed by atoms with Crippen LogP contribution in [0.25, 0.3) is 5.52 Å². The summed E-state index contributed by atoms with van der Waals surface area (Å²) in [4.78, 5) is 17.0. The van der Waals surface area contributed by atoms with Crippen LogP contribution in [0.1, 0.15) is 35.6 Å². The highest BCUT2D eigenvalue weighted by atomic mass is 16.5. The minimum Gasteiger partial charge on any atom is -0.368 e. The molecule has 124 valence electrons. The van der Waals surface area contributed by atoms with E-state index < -0.39 is 0 Å². The zero-order valence-electron chi connectivity index (χ0n) is 13.6. The Hall–Kier alpha value is -2.60. The normalized spacial score (nSPS) is 20.5. The van der Waals surface area contributed by atoms with Gasteiger partial charge < -0.3 is 19.0 Å². The first-order chi connectivity index (χ1) is 11.8. The lowest BCUT2D eigenvalue weighted by molar-refractivity contribution is 0.0775. The number of aromatic nitrogens is 3. The zero-order chi connectivity index (χ0) is 16.5. The fraction of sp³-hybridized carbons (Fsp3) is 0.333. The Morgan fingerprint density at radius 3 is 3.17 bits per heavy atom. The van der Waals surface area contributed by atoms with Crippen LogP contribution >= 0.6 is 0 Å². The molecular formula is C18H20N4O2. The van der Waals surface area contributed by atoms with E-state index in [1.807, 2.05) is 47.3 Å². The van der Waals surface area contributed by atoms with E-state index in [1.165, 1.54) is 0 Å². The molecule has 1 amide bonds. The molecule has 6 heteroatoms. The smallest absolute Gasteiger partial charge is 0.253 e. The van der Waals surface area contributed by atoms with Crippen LogP contribution < -0.4 is 5.32 Å². The van der Waals surface area contributed by atoms with E-state index in [4.69, 9.17) is 4.74 Å². The van der Waals surface area contributed by atoms with Gasteiger partial charge in [0.25, 0.3) is 5.91 Å². The number of carbonyl (C=O) groups excluding carboxylic acids is 1. The topological polar surface area (TPSA) is 60.6 Å². The maximum atomic E-state index is 12.6. The molecule has 1 saturated heterocycles. The lowest BCUT2D eigenvalue weighted by Gasteiger charge is -2.20. The minimum absolute atomic E-state index is 0.0618. The van der Waals surface area contributed by atoms with Crippen LogP contribution in [0.5, 0.6) is 0 Å². The summed E-state index contributed by atoms with van der Waals surface area (Å²) in [6, 6.07) is 7.72. The number of rotatable bonds is 4. The summed E-state index contributed by atoms with van der Waals surface area (Å²) in [7, 11) is 0. The van der Waals surface area contributed by atoms with Crippen molar-refractivity contribution in [3.05, 3.63) is 60.4 Å². The van der Waals surface area contributed by atoms with E-state index in [2.05, 4.69) is 21.8 Å². The second-order valence-corrected chi connectivity index (χ2v) is 5.99. The molecule has 1 aliphatic heterocycles. The van der Waals surface area contributed by atoms with E-state index in [-0.39, 0.29) is 18.1 Å². The van der Waals surface area contributed by atoms with Gasteiger partial charge in [-0.25, -0.2) is 4.98 Å². The molecular weight excluding hydrogens is 304 g/mol. The number of pyridine rings is 1. The molecule has 0 unspecified atom stereocenters. The predicted molar refractivity (Wildman–Crippen MR) is 89.9 cm³/mol. The maximum Gasteiger partial charge on any atom is 0.253 e. The van der Waals surface area contributed by atoms with Crippen molar-refractivity contribution < 1.29 is 9.53 Å². The van der Waals surface area contributed by atoms with Gasteiger partial charge in [0.15, 0.2) is 0 Å². The van der Waals surface area contributed by atoms with Crippen molar-refractivity contribution >= 4 is 11.4 Å². The average molecular weight is 324 g/mol. The Balaban J connectivity index is 1.54. The molecule has 4 rings (SSSR count). The van der Waals surface area contributed by atoms with Gasteiger partial charge in [0.05, 0.1) is 11.6 Å². The number of hydrogen-bond donors (Lipinski definition) is 1. The summed E-state index contributed by atoms with van der Waals surface area (Å²) in [6.45, 7) is 3.53. The first kappa shape index (κ1) is 15.0. The van der Waals surface area contributed by atoms with Crippen molar-refractivity contribution in [3.8, 4) is 0 Å². The van der Waals surface area contributed by atoms with Crippen LogP contribution in [-0.4, -0.2) is 32.5 Å². The fourth-order valence-corrected chi connectivity index (χ4v) is 3.27. The molecule has 1 fully saturated rings. The third-order valence-corrected chi connectivity index (χ3v) is 4.52. The maximum absolute atomic E-state index is 12.6. The van der Waals surface area contributed by atoms with E-state index in [0.717, 1.165) is 24.3 Å². The van der Waals surface area contributed by atoms with E-state index in [0.29, 0.717) is 12.2 Å². The molecule has 0 spiro atoms. The quantitative estimate of drug-likeness (QED) is 0.802. The van der Waals surface area contributed by atoms with E-state index in [9.17, 15) is 4.79 Å². The first-order valence-corrected chi connectivity index (χ1v) is 8.26. The Bertz CT molecular complexity index is 834. The molecule has 0 aromatic carbocycles. The molecule has 3 aromatic rings. The van der Waals surface area contributed by atoms with Gasteiger partial charge in [-0.05, 0) is 31.5 Å². The minimum atomic E-state index is -0.194. The highest BCUT2D eigenvalue weighted by Gasteiger charge is 2.34. The lowest BCUT2D eigenvalue weighted by Crippen LogP contribution is -2.37. The number of carbonyl (C=O) groups is 1. The standard InChI is InChI=1S/C18H20N4O2/c1-2-21-9-7-19-17(21)16-15(6-10-24-16)20-18(23)13-11-14-5-3-4-8-22(14)12-13/h3-5,7-9,11-12,15-16H,2,6,10H2,1H3,(H,20,23)/t15-,16-/m0/s1. The number of ether oxygens (including phenoxy) is 1. The van der Waals surface area contributed by atoms with Crippen LogP contribution in [0.2, 0.25) is 0 Å². The molecule has 3 aromatic heterocycles. The van der Waals surface area contributed by atoms with E-state index in [1.54, 1.807) is 6.20 Å². The first-order valence-electron chi connectivity index (χ1n) is 8.26. The number of hydrogen-bond acceptors (Lipinski definition) is 3. The van der Waals surface area contributed by atoms with Gasteiger partial charge in [0.2, 0.25) is 0 Å². The molecule has 0 bridgehead atoms. The van der Waals surface area contributed by atoms with Crippen molar-refractivity contribution in [2.24, 2.45) is 0 Å². The van der Waals surface area contributed by atoms with Crippen molar-refractivity contribution in [2.75, 3.05) is 6.61 Å². The molecule has 0 saturated carbocycles. The van der Waals surface area contributed by atoms with Gasteiger partial charge >= 0.3 is 0 Å². The van der Waals surface area contributed by atoms with Crippen LogP contribution in [-0.2, 0) is 11.3 Å². The van der Waals surface area contributed by atoms with Crippen LogP contribution in [0.15, 0.2) is 49.1 Å². The average Bonchev–Trinajstić information content (AvgIpc) is 3.32. The van der Waals surface area contributed by atoms with Crippen LogP contribution in [0.4, 0.5) is 0 Å². The number of fused-ring (bicyclic) bond motifs is 1. The second kappa shape index (κ2) is 6.13. The van der Waals surface area contributed by atoms with Gasteiger partial charge in [-0.2, -0.15) is 0 Å². The Morgan fingerprint density at radius 2 is 2.33 bits per heavy atom. The second-order valence-electron chi connectivity index (χ2n) is 5.99. The lowest BCUT2D eigenvalue weighted by atomic mass is 10.1. The van der Waals surface area contributed by atoms with Gasteiger partial charge in [-0.1, -0.05) is 6.07 Å². The molecule has 1 N–H and O–H groups in total. The summed E-state index contributed by atoms with van der Waals surface area (Å²) in [5, 5.41) is 3.12. The van der Waals surface area contributed by atoms with Crippen LogP contribution in [0.3, 0.4) is 0 Å². The SMILES string of the molecule is CCn1ccnc1[C@H]1OCC[C@@H]1NC(=O)c1cc2ccccn2c1. The summed E-state index contributed by atoms with van der Waals surface area (Å²) in [6.07, 6.45) is 8.10. The van der Waals surface area contributed by atoms with Crippen molar-refractivity contribution in [3.63, 3.8) is 0 Å². The van der Waals surface area contributed by atoms with Gasteiger partial charge in [0.1, 0.15) is 11.9 Å². The van der Waals surface area contributed by atoms with Crippen LogP contribution in [0, 0.1) is 0 Å². The number of amides is 1. The monoisotopic (exact) mass is 324 g/mol. The molecule has 2 atom stereocenters.